The Balaban J connectivity index is 2.99. The maximum absolute atomic E-state index is 12.8. The van der Waals surface area contributed by atoms with Crippen LogP contribution in [-0.4, -0.2) is 55.0 Å². The lowest BCUT2D eigenvalue weighted by molar-refractivity contribution is 0.194. The van der Waals surface area contributed by atoms with Gasteiger partial charge in [-0.2, -0.15) is 10.1 Å². The van der Waals surface area contributed by atoms with Gasteiger partial charge in [-0.1, -0.05) is 60.5 Å². The first-order valence-corrected chi connectivity index (χ1v) is 11.3. The summed E-state index contributed by atoms with van der Waals surface area (Å²) in [6.07, 6.45) is 9.92. The fourth-order valence-corrected chi connectivity index (χ4v) is 2.67. The molecule has 198 valence electrons. The van der Waals surface area contributed by atoms with Gasteiger partial charge in [-0.15, -0.1) is 0 Å². The van der Waals surface area contributed by atoms with E-state index in [1.807, 2.05) is 32.1 Å². The van der Waals surface area contributed by atoms with E-state index in [1.165, 1.54) is 12.2 Å². The third kappa shape index (κ3) is 10.9. The molecule has 8 nitrogen and oxygen atoms in total. The number of aromatic nitrogens is 2. The van der Waals surface area contributed by atoms with Gasteiger partial charge >= 0.3 is 0 Å². The van der Waals surface area contributed by atoms with Gasteiger partial charge in [0.15, 0.2) is 5.82 Å². The van der Waals surface area contributed by atoms with Crippen LogP contribution >= 0.6 is 0 Å². The zero-order chi connectivity index (χ0) is 27.8. The Morgan fingerprint density at radius 2 is 1.89 bits per heavy atom. The van der Waals surface area contributed by atoms with Crippen molar-refractivity contribution in [2.45, 2.75) is 27.2 Å². The zero-order valence-electron chi connectivity index (χ0n) is 22.0. The number of alkyl halides is 2. The highest BCUT2D eigenvalue weighted by atomic mass is 19.3. The van der Waals surface area contributed by atoms with Crippen LogP contribution in [0.4, 0.5) is 8.78 Å². The smallest absolute Gasteiger partial charge is 0.263 e. The molecule has 0 amide bonds. The molecule has 0 bridgehead atoms. The molecule has 0 saturated heterocycles. The number of ether oxygens (including phenoxy) is 1. The van der Waals surface area contributed by atoms with E-state index in [9.17, 15) is 8.78 Å². The van der Waals surface area contributed by atoms with Crippen LogP contribution in [0, 0.1) is 0 Å². The van der Waals surface area contributed by atoms with E-state index in [0.29, 0.717) is 23.7 Å². The van der Waals surface area contributed by atoms with Crippen LogP contribution in [0.25, 0.3) is 11.1 Å². The Bertz CT molecular complexity index is 1150. The van der Waals surface area contributed by atoms with Crippen molar-refractivity contribution in [3.05, 3.63) is 96.6 Å². The Hall–Kier alpha value is -4.21. The van der Waals surface area contributed by atoms with Crippen LogP contribution in [0.5, 0.6) is 0 Å². The van der Waals surface area contributed by atoms with Gasteiger partial charge in [0.25, 0.3) is 12.3 Å². The summed E-state index contributed by atoms with van der Waals surface area (Å²) >= 11 is 0. The Morgan fingerprint density at radius 1 is 1.16 bits per heavy atom. The fourth-order valence-electron chi connectivity index (χ4n) is 2.67. The molecule has 0 unspecified atom stereocenters. The molecule has 0 aliphatic rings. The van der Waals surface area contributed by atoms with Gasteiger partial charge in [0.1, 0.15) is 6.61 Å². The summed E-state index contributed by atoms with van der Waals surface area (Å²) in [5.41, 5.74) is 2.77. The highest BCUT2D eigenvalue weighted by Crippen LogP contribution is 2.20. The molecule has 0 aliphatic heterocycles. The van der Waals surface area contributed by atoms with E-state index in [0.717, 1.165) is 22.8 Å². The predicted octanol–water partition coefficient (Wildman–Crippen LogP) is 6.80. The summed E-state index contributed by atoms with van der Waals surface area (Å²) in [7, 11) is 3.21. The summed E-state index contributed by atoms with van der Waals surface area (Å²) in [6, 6.07) is 0. The lowest BCUT2D eigenvalue weighted by Gasteiger charge is -2.11. The molecule has 0 spiro atoms. The number of halogens is 2. The molecule has 1 heterocycles. The van der Waals surface area contributed by atoms with Crippen LogP contribution in [0.3, 0.4) is 0 Å². The molecule has 37 heavy (non-hydrogen) atoms. The van der Waals surface area contributed by atoms with Gasteiger partial charge in [0.2, 0.25) is 0 Å². The first-order valence-electron chi connectivity index (χ1n) is 11.3. The topological polar surface area (TPSA) is 88.5 Å². The van der Waals surface area contributed by atoms with Crippen molar-refractivity contribution < 1.29 is 18.0 Å². The fraction of sp³-hybridized carbons (Fsp3) is 0.296. The average molecular weight is 513 g/mol. The monoisotopic (exact) mass is 512 g/mol. The van der Waals surface area contributed by atoms with Crippen molar-refractivity contribution in [2.24, 2.45) is 15.3 Å². The SMILES string of the molecule is C=C/C(=C\C=C(/C)OC/C(C)=C(/C=NC)c1nc(/C(C)=C/C=C\C(=C)CN(C=C)N=NC)no1)C(F)F. The second-order valence-electron chi connectivity index (χ2n) is 7.68. The van der Waals surface area contributed by atoms with Crippen LogP contribution in [-0.2, 0) is 4.74 Å². The highest BCUT2D eigenvalue weighted by Gasteiger charge is 2.14. The van der Waals surface area contributed by atoms with E-state index in [1.54, 1.807) is 38.4 Å². The van der Waals surface area contributed by atoms with Gasteiger partial charge < -0.3 is 9.26 Å². The third-order valence-electron chi connectivity index (χ3n) is 4.70. The summed E-state index contributed by atoms with van der Waals surface area (Å²) in [6.45, 7) is 17.0. The number of rotatable bonds is 15. The number of nitrogens with zero attached hydrogens (tertiary/aromatic N) is 6. The Morgan fingerprint density at radius 3 is 2.49 bits per heavy atom. The minimum atomic E-state index is -2.60. The molecule has 1 aromatic rings. The molecule has 1 rings (SSSR count). The molecule has 0 aromatic carbocycles. The highest BCUT2D eigenvalue weighted by molar-refractivity contribution is 6.09. The summed E-state index contributed by atoms with van der Waals surface area (Å²) in [5.74, 6) is 1.15. The van der Waals surface area contributed by atoms with Crippen molar-refractivity contribution >= 4 is 17.4 Å². The number of aliphatic imine (C=N–C) groups is 1. The number of hydrogen-bond donors (Lipinski definition) is 0. The lowest BCUT2D eigenvalue weighted by Crippen LogP contribution is -2.11. The largest absolute Gasteiger partial charge is 0.494 e. The molecule has 0 aliphatic carbocycles. The number of hydrogen-bond acceptors (Lipinski definition) is 7. The van der Waals surface area contributed by atoms with Gasteiger partial charge in [0, 0.05) is 25.0 Å². The van der Waals surface area contributed by atoms with Crippen LogP contribution in [0.15, 0.2) is 105 Å². The minimum absolute atomic E-state index is 0.173. The maximum Gasteiger partial charge on any atom is 0.263 e. The van der Waals surface area contributed by atoms with Crippen molar-refractivity contribution in [1.29, 1.82) is 0 Å². The second kappa shape index (κ2) is 16.5. The average Bonchev–Trinajstić information content (AvgIpc) is 3.35. The van der Waals surface area contributed by atoms with E-state index in [2.05, 4.69) is 45.2 Å². The van der Waals surface area contributed by atoms with Gasteiger partial charge in [-0.05, 0) is 43.6 Å². The van der Waals surface area contributed by atoms with Crippen LogP contribution in [0.2, 0.25) is 0 Å². The van der Waals surface area contributed by atoms with Gasteiger partial charge in [0.05, 0.1) is 24.9 Å². The molecule has 10 heteroatoms. The van der Waals surface area contributed by atoms with E-state index < -0.39 is 6.43 Å². The third-order valence-corrected chi connectivity index (χ3v) is 4.70. The van der Waals surface area contributed by atoms with E-state index in [4.69, 9.17) is 9.26 Å². The molecular formula is C27H34F2N6O2. The van der Waals surface area contributed by atoms with Crippen molar-refractivity contribution in [1.82, 2.24) is 15.1 Å². The zero-order valence-corrected chi connectivity index (χ0v) is 22.0. The molecule has 0 atom stereocenters. The van der Waals surface area contributed by atoms with Crippen molar-refractivity contribution in [3.63, 3.8) is 0 Å². The molecule has 0 radical (unpaired) electrons. The quantitative estimate of drug-likeness (QED) is 0.0848. The molecular weight excluding hydrogens is 478 g/mol. The van der Waals surface area contributed by atoms with Crippen molar-refractivity contribution in [2.75, 3.05) is 27.2 Å². The summed E-state index contributed by atoms with van der Waals surface area (Å²) in [4.78, 5) is 8.55. The van der Waals surface area contributed by atoms with Gasteiger partial charge in [-0.25, -0.2) is 8.78 Å². The van der Waals surface area contributed by atoms with E-state index in [-0.39, 0.29) is 18.1 Å². The molecule has 0 saturated carbocycles. The Kier molecular flexibility index (Phi) is 13.7. The first-order chi connectivity index (χ1) is 17.7. The van der Waals surface area contributed by atoms with E-state index >= 15 is 0 Å². The van der Waals surface area contributed by atoms with Crippen LogP contribution < -0.4 is 0 Å². The minimum Gasteiger partial charge on any atom is -0.494 e. The molecule has 0 fully saturated rings. The normalized spacial score (nSPS) is 14.1. The second-order valence-corrected chi connectivity index (χ2v) is 7.68. The summed E-state index contributed by atoms with van der Waals surface area (Å²) in [5, 5.41) is 13.3. The maximum atomic E-state index is 12.8. The first kappa shape index (κ1) is 30.8. The van der Waals surface area contributed by atoms with Crippen LogP contribution in [0.1, 0.15) is 32.5 Å². The predicted molar refractivity (Wildman–Crippen MR) is 145 cm³/mol. The van der Waals surface area contributed by atoms with Crippen molar-refractivity contribution in [3.8, 4) is 0 Å². The standard InChI is InChI=1S/C27H34F2N6O2/c1-9-23(25(28)29)15-14-22(6)36-18-21(5)24(16-30-7)27-32-26(33-37-27)20(4)13-11-12-19(3)17-35(10-2)34-31-8/h9-16,25H,1-3,17-18H2,4-8H3/b12-11-,20-13+,22-14+,23-15+,24-21-,30-16?,34-31?. The molecule has 0 N–H and O–H groups in total. The lowest BCUT2D eigenvalue weighted by atomic mass is 10.1. The molecule has 1 aromatic heterocycles. The summed E-state index contributed by atoms with van der Waals surface area (Å²) < 4.78 is 36.8. The number of allylic oxidation sites excluding steroid dienone is 9. The van der Waals surface area contributed by atoms with Gasteiger partial charge in [-0.3, -0.25) is 10.0 Å². The Labute approximate surface area is 217 Å².